The van der Waals surface area contributed by atoms with Crippen molar-refractivity contribution in [2.75, 3.05) is 5.32 Å². The molecule has 0 aliphatic carbocycles. The van der Waals surface area contributed by atoms with Crippen molar-refractivity contribution in [3.8, 4) is 0 Å². The molecule has 4 heteroatoms. The molecule has 3 nitrogen and oxygen atoms in total. The Morgan fingerprint density at radius 2 is 2.38 bits per heavy atom. The van der Waals surface area contributed by atoms with Crippen LogP contribution in [0.1, 0.15) is 23.9 Å². The van der Waals surface area contributed by atoms with E-state index in [1.165, 1.54) is 4.88 Å². The zero-order valence-electron chi connectivity index (χ0n) is 9.73. The van der Waals surface area contributed by atoms with Crippen LogP contribution in [0.15, 0.2) is 23.7 Å². The van der Waals surface area contributed by atoms with Gasteiger partial charge in [-0.25, -0.2) is 0 Å². The maximum absolute atomic E-state index is 4.46. The fourth-order valence-electron chi connectivity index (χ4n) is 1.63. The second-order valence-electron chi connectivity index (χ2n) is 3.82. The van der Waals surface area contributed by atoms with Gasteiger partial charge >= 0.3 is 0 Å². The fourth-order valence-corrected chi connectivity index (χ4v) is 2.28. The van der Waals surface area contributed by atoms with Crippen LogP contribution in [0.4, 0.5) is 5.69 Å². The van der Waals surface area contributed by atoms with Crippen LogP contribution in [0, 0.1) is 6.92 Å². The predicted molar refractivity (Wildman–Crippen MR) is 68.9 cm³/mol. The first-order valence-corrected chi connectivity index (χ1v) is 6.48. The van der Waals surface area contributed by atoms with Crippen LogP contribution in [-0.4, -0.2) is 9.78 Å². The molecule has 0 aliphatic heterocycles. The highest BCUT2D eigenvalue weighted by molar-refractivity contribution is 7.09. The molecule has 2 rings (SSSR count). The Morgan fingerprint density at radius 3 is 3.06 bits per heavy atom. The minimum absolute atomic E-state index is 0.885. The van der Waals surface area contributed by atoms with Crippen molar-refractivity contribution in [1.82, 2.24) is 9.78 Å². The van der Waals surface area contributed by atoms with E-state index in [0.29, 0.717) is 0 Å². The zero-order chi connectivity index (χ0) is 11.4. The average molecular weight is 235 g/mol. The number of hydrogen-bond acceptors (Lipinski definition) is 3. The maximum atomic E-state index is 4.46. The van der Waals surface area contributed by atoms with Gasteiger partial charge in [-0.15, -0.1) is 11.3 Å². The van der Waals surface area contributed by atoms with Gasteiger partial charge in [0.05, 0.1) is 11.4 Å². The molecule has 1 N–H and O–H groups in total. The lowest BCUT2D eigenvalue weighted by Gasteiger charge is -2.01. The number of hydrogen-bond donors (Lipinski definition) is 1. The van der Waals surface area contributed by atoms with Crippen molar-refractivity contribution in [3.05, 3.63) is 34.3 Å². The first-order valence-electron chi connectivity index (χ1n) is 5.60. The summed E-state index contributed by atoms with van der Waals surface area (Å²) >= 11 is 1.78. The summed E-state index contributed by atoms with van der Waals surface area (Å²) in [5.74, 6) is 0. The van der Waals surface area contributed by atoms with E-state index in [1.54, 1.807) is 11.3 Å². The van der Waals surface area contributed by atoms with Gasteiger partial charge in [0, 0.05) is 24.2 Å². The van der Waals surface area contributed by atoms with E-state index in [1.807, 2.05) is 11.6 Å². The van der Waals surface area contributed by atoms with Gasteiger partial charge in [0.25, 0.3) is 0 Å². The molecular weight excluding hydrogens is 218 g/mol. The van der Waals surface area contributed by atoms with Crippen LogP contribution >= 0.6 is 11.3 Å². The lowest BCUT2D eigenvalue weighted by Crippen LogP contribution is -1.97. The molecule has 0 fully saturated rings. The Kier molecular flexibility index (Phi) is 3.62. The van der Waals surface area contributed by atoms with Gasteiger partial charge in [0.2, 0.25) is 0 Å². The SMILES string of the molecule is CCCn1cc(NCc2cccs2)c(C)n1. The third-order valence-corrected chi connectivity index (χ3v) is 3.31. The van der Waals surface area contributed by atoms with Gasteiger partial charge in [-0.05, 0) is 24.8 Å². The Morgan fingerprint density at radius 1 is 1.50 bits per heavy atom. The number of nitrogens with zero attached hydrogens (tertiary/aromatic N) is 2. The first kappa shape index (κ1) is 11.2. The van der Waals surface area contributed by atoms with E-state index in [4.69, 9.17) is 0 Å². The number of rotatable bonds is 5. The molecule has 2 aromatic rings. The summed E-state index contributed by atoms with van der Waals surface area (Å²) in [6.45, 7) is 6.08. The molecule has 0 spiro atoms. The minimum Gasteiger partial charge on any atom is -0.377 e. The second-order valence-corrected chi connectivity index (χ2v) is 4.86. The molecule has 86 valence electrons. The van der Waals surface area contributed by atoms with Crippen LogP contribution in [-0.2, 0) is 13.1 Å². The van der Waals surface area contributed by atoms with Gasteiger partial charge in [-0.2, -0.15) is 5.10 Å². The van der Waals surface area contributed by atoms with E-state index >= 15 is 0 Å². The van der Waals surface area contributed by atoms with Crippen LogP contribution in [0.3, 0.4) is 0 Å². The maximum Gasteiger partial charge on any atom is 0.0825 e. The van der Waals surface area contributed by atoms with E-state index in [-0.39, 0.29) is 0 Å². The highest BCUT2D eigenvalue weighted by Gasteiger charge is 2.03. The van der Waals surface area contributed by atoms with Crippen molar-refractivity contribution >= 4 is 17.0 Å². The molecule has 0 bridgehead atoms. The van der Waals surface area contributed by atoms with E-state index in [9.17, 15) is 0 Å². The third-order valence-electron chi connectivity index (χ3n) is 2.43. The van der Waals surface area contributed by atoms with Crippen molar-refractivity contribution in [2.45, 2.75) is 33.4 Å². The van der Waals surface area contributed by atoms with E-state index in [0.717, 1.165) is 30.9 Å². The molecule has 2 aromatic heterocycles. The van der Waals surface area contributed by atoms with Crippen molar-refractivity contribution in [2.24, 2.45) is 0 Å². The molecule has 0 atom stereocenters. The third kappa shape index (κ3) is 2.64. The number of nitrogens with one attached hydrogen (secondary N) is 1. The van der Waals surface area contributed by atoms with Gasteiger partial charge in [0.1, 0.15) is 0 Å². The highest BCUT2D eigenvalue weighted by Crippen LogP contribution is 2.16. The minimum atomic E-state index is 0.885. The van der Waals surface area contributed by atoms with Gasteiger partial charge in [-0.3, -0.25) is 4.68 Å². The Bertz CT molecular complexity index is 431. The summed E-state index contributed by atoms with van der Waals surface area (Å²) in [5, 5.41) is 9.98. The molecular formula is C12H17N3S. The van der Waals surface area contributed by atoms with Crippen LogP contribution in [0.5, 0.6) is 0 Å². The Hall–Kier alpha value is -1.29. The summed E-state index contributed by atoms with van der Waals surface area (Å²) < 4.78 is 2.01. The fraction of sp³-hybridized carbons (Fsp3) is 0.417. The highest BCUT2D eigenvalue weighted by atomic mass is 32.1. The topological polar surface area (TPSA) is 29.9 Å². The lowest BCUT2D eigenvalue weighted by atomic mass is 10.4. The number of thiophene rings is 1. The van der Waals surface area contributed by atoms with Crippen molar-refractivity contribution in [3.63, 3.8) is 0 Å². The van der Waals surface area contributed by atoms with E-state index in [2.05, 4.69) is 41.0 Å². The summed E-state index contributed by atoms with van der Waals surface area (Å²) in [7, 11) is 0. The van der Waals surface area contributed by atoms with Gasteiger partial charge < -0.3 is 5.32 Å². The van der Waals surface area contributed by atoms with Crippen LogP contribution < -0.4 is 5.32 Å². The van der Waals surface area contributed by atoms with E-state index < -0.39 is 0 Å². The Labute approximate surface area is 100 Å². The summed E-state index contributed by atoms with van der Waals surface area (Å²) in [4.78, 5) is 1.35. The zero-order valence-corrected chi connectivity index (χ0v) is 10.5. The van der Waals surface area contributed by atoms with Crippen LogP contribution in [0.2, 0.25) is 0 Å². The molecule has 0 aromatic carbocycles. The molecule has 2 heterocycles. The standard InChI is InChI=1S/C12H17N3S/c1-3-6-15-9-12(10(2)14-15)13-8-11-5-4-7-16-11/h4-5,7,9,13H,3,6,8H2,1-2H3. The molecule has 0 saturated carbocycles. The van der Waals surface area contributed by atoms with Crippen molar-refractivity contribution < 1.29 is 0 Å². The first-order chi connectivity index (χ1) is 7.79. The van der Waals surface area contributed by atoms with Gasteiger partial charge in [0.15, 0.2) is 0 Å². The normalized spacial score (nSPS) is 10.6. The Balaban J connectivity index is 1.98. The number of aromatic nitrogens is 2. The van der Waals surface area contributed by atoms with Crippen molar-refractivity contribution in [1.29, 1.82) is 0 Å². The van der Waals surface area contributed by atoms with Gasteiger partial charge in [-0.1, -0.05) is 13.0 Å². The molecule has 0 amide bonds. The molecule has 0 saturated heterocycles. The number of aryl methyl sites for hydroxylation is 2. The quantitative estimate of drug-likeness (QED) is 0.862. The monoisotopic (exact) mass is 235 g/mol. The summed E-state index contributed by atoms with van der Waals surface area (Å²) in [6.07, 6.45) is 3.21. The largest absolute Gasteiger partial charge is 0.377 e. The lowest BCUT2D eigenvalue weighted by molar-refractivity contribution is 0.598. The second kappa shape index (κ2) is 5.16. The molecule has 0 unspecified atom stereocenters. The summed E-state index contributed by atoms with van der Waals surface area (Å²) in [5.41, 5.74) is 2.21. The molecule has 0 aliphatic rings. The smallest absolute Gasteiger partial charge is 0.0825 e. The van der Waals surface area contributed by atoms with Crippen LogP contribution in [0.25, 0.3) is 0 Å². The number of anilines is 1. The predicted octanol–water partition coefficient (Wildman–Crippen LogP) is 3.28. The molecule has 0 radical (unpaired) electrons. The summed E-state index contributed by atoms with van der Waals surface area (Å²) in [6, 6.07) is 4.22. The average Bonchev–Trinajstić information content (AvgIpc) is 2.86. The molecule has 16 heavy (non-hydrogen) atoms.